The van der Waals surface area contributed by atoms with Crippen LogP contribution in [-0.4, -0.2) is 57.5 Å². The fraction of sp³-hybridized carbons (Fsp3) is 0.333. The maximum atomic E-state index is 12.7. The van der Waals surface area contributed by atoms with Crippen molar-refractivity contribution in [3.63, 3.8) is 0 Å². The third kappa shape index (κ3) is 3.36. The van der Waals surface area contributed by atoms with Crippen molar-refractivity contribution in [1.82, 2.24) is 24.3 Å². The number of fused-ring (bicyclic) bond motifs is 2. The molecule has 0 radical (unpaired) electrons. The number of hydrogen-bond donors (Lipinski definition) is 0. The van der Waals surface area contributed by atoms with Crippen molar-refractivity contribution in [3.05, 3.63) is 52.9 Å². The second-order valence-corrected chi connectivity index (χ2v) is 7.58. The van der Waals surface area contributed by atoms with E-state index in [9.17, 15) is 4.79 Å². The molecular weight excluding hydrogens is 368 g/mol. The zero-order valence-electron chi connectivity index (χ0n) is 16.5. The van der Waals surface area contributed by atoms with Crippen molar-refractivity contribution in [1.29, 1.82) is 0 Å². The van der Waals surface area contributed by atoms with Crippen LogP contribution < -0.4 is 10.5 Å². The van der Waals surface area contributed by atoms with Gasteiger partial charge in [-0.15, -0.1) is 0 Å². The van der Waals surface area contributed by atoms with Crippen LogP contribution in [0.2, 0.25) is 0 Å². The number of nitrogens with zero attached hydrogens (tertiary/aromatic N) is 6. The number of pyridine rings is 1. The average Bonchev–Trinajstić information content (AvgIpc) is 2.99. The molecule has 0 bridgehead atoms. The van der Waals surface area contributed by atoms with E-state index >= 15 is 0 Å². The van der Waals surface area contributed by atoms with Crippen LogP contribution in [0.5, 0.6) is 0 Å². The van der Waals surface area contributed by atoms with Crippen LogP contribution >= 0.6 is 0 Å². The molecule has 4 aromatic rings. The van der Waals surface area contributed by atoms with Gasteiger partial charge in [-0.2, -0.15) is 4.98 Å². The van der Waals surface area contributed by atoms with Crippen molar-refractivity contribution < 1.29 is 4.42 Å². The SMILES string of the molecule is Cc1cn2cc(-c3cc4ccc(N5CCCN(C)CC5)nc4oc3=O)nc2cn1. The van der Waals surface area contributed by atoms with Crippen LogP contribution in [-0.2, 0) is 0 Å². The van der Waals surface area contributed by atoms with Crippen LogP contribution in [0.4, 0.5) is 5.82 Å². The van der Waals surface area contributed by atoms with Crippen molar-refractivity contribution in [2.24, 2.45) is 0 Å². The highest BCUT2D eigenvalue weighted by atomic mass is 16.4. The van der Waals surface area contributed by atoms with Gasteiger partial charge in [0, 0.05) is 37.4 Å². The molecule has 0 spiro atoms. The molecule has 0 aliphatic carbocycles. The van der Waals surface area contributed by atoms with Gasteiger partial charge < -0.3 is 18.6 Å². The zero-order chi connectivity index (χ0) is 20.0. The fourth-order valence-corrected chi connectivity index (χ4v) is 3.75. The Morgan fingerprint density at radius 2 is 1.97 bits per heavy atom. The van der Waals surface area contributed by atoms with Gasteiger partial charge in [-0.3, -0.25) is 4.98 Å². The summed E-state index contributed by atoms with van der Waals surface area (Å²) >= 11 is 0. The monoisotopic (exact) mass is 390 g/mol. The smallest absolute Gasteiger partial charge is 0.347 e. The maximum absolute atomic E-state index is 12.7. The van der Waals surface area contributed by atoms with Crippen LogP contribution in [0.25, 0.3) is 28.0 Å². The minimum Gasteiger partial charge on any atom is -0.403 e. The summed E-state index contributed by atoms with van der Waals surface area (Å²) in [5, 5.41) is 0.779. The van der Waals surface area contributed by atoms with Gasteiger partial charge in [0.15, 0.2) is 5.65 Å². The highest BCUT2D eigenvalue weighted by molar-refractivity contribution is 5.80. The van der Waals surface area contributed by atoms with Gasteiger partial charge in [0.2, 0.25) is 5.71 Å². The molecule has 29 heavy (non-hydrogen) atoms. The van der Waals surface area contributed by atoms with Crippen LogP contribution in [0.15, 0.2) is 46.0 Å². The Hall–Kier alpha value is -3.26. The van der Waals surface area contributed by atoms with Crippen LogP contribution in [0.1, 0.15) is 12.1 Å². The minimum atomic E-state index is -0.439. The number of aromatic nitrogens is 4. The first-order chi connectivity index (χ1) is 14.1. The van der Waals surface area contributed by atoms with Gasteiger partial charge >= 0.3 is 5.63 Å². The second kappa shape index (κ2) is 6.97. The van der Waals surface area contributed by atoms with Gasteiger partial charge in [0.25, 0.3) is 0 Å². The van der Waals surface area contributed by atoms with Crippen LogP contribution in [0.3, 0.4) is 0 Å². The summed E-state index contributed by atoms with van der Waals surface area (Å²) in [6.07, 6.45) is 6.47. The van der Waals surface area contributed by atoms with Gasteiger partial charge in [0.05, 0.1) is 23.1 Å². The van der Waals surface area contributed by atoms with Crippen molar-refractivity contribution >= 4 is 22.6 Å². The Kier molecular flexibility index (Phi) is 4.28. The summed E-state index contributed by atoms with van der Waals surface area (Å²) in [5.74, 6) is 0.845. The number of rotatable bonds is 2. The van der Waals surface area contributed by atoms with E-state index in [4.69, 9.17) is 4.42 Å². The Morgan fingerprint density at radius 3 is 2.86 bits per heavy atom. The lowest BCUT2D eigenvalue weighted by molar-refractivity contribution is 0.360. The zero-order valence-corrected chi connectivity index (χ0v) is 16.5. The highest BCUT2D eigenvalue weighted by Gasteiger charge is 2.16. The molecule has 148 valence electrons. The summed E-state index contributed by atoms with van der Waals surface area (Å²) in [5.41, 5.74) is 2.46. The van der Waals surface area contributed by atoms with Gasteiger partial charge in [0.1, 0.15) is 5.82 Å². The van der Waals surface area contributed by atoms with Crippen molar-refractivity contribution in [2.75, 3.05) is 38.1 Å². The quantitative estimate of drug-likeness (QED) is 0.520. The lowest BCUT2D eigenvalue weighted by Gasteiger charge is -2.21. The Balaban J connectivity index is 1.53. The van der Waals surface area contributed by atoms with E-state index in [-0.39, 0.29) is 0 Å². The lowest BCUT2D eigenvalue weighted by Crippen LogP contribution is -2.29. The van der Waals surface area contributed by atoms with E-state index in [1.807, 2.05) is 35.9 Å². The first kappa shape index (κ1) is 17.8. The molecule has 4 aromatic heterocycles. The van der Waals surface area contributed by atoms with E-state index < -0.39 is 5.63 Å². The molecule has 0 saturated carbocycles. The topological polar surface area (TPSA) is 79.8 Å². The molecule has 5 rings (SSSR count). The predicted molar refractivity (Wildman–Crippen MR) is 111 cm³/mol. The standard InChI is InChI=1S/C21H22N6O2/c1-14-12-27-13-17(23-19(27)11-22-14)16-10-15-4-5-18(24-20(15)29-21(16)28)26-7-3-6-25(2)8-9-26/h4-5,10-13H,3,6-9H2,1-2H3. The molecule has 0 aromatic carbocycles. The molecule has 5 heterocycles. The Labute approximate surface area is 167 Å². The molecule has 1 fully saturated rings. The third-order valence-electron chi connectivity index (χ3n) is 5.37. The van der Waals surface area contributed by atoms with E-state index in [1.54, 1.807) is 12.3 Å². The van der Waals surface area contributed by atoms with Gasteiger partial charge in [-0.25, -0.2) is 9.78 Å². The van der Waals surface area contributed by atoms with E-state index in [0.29, 0.717) is 22.6 Å². The summed E-state index contributed by atoms with van der Waals surface area (Å²) in [7, 11) is 2.13. The van der Waals surface area contributed by atoms with Crippen LogP contribution in [0, 0.1) is 6.92 Å². The molecule has 8 nitrogen and oxygen atoms in total. The molecule has 1 saturated heterocycles. The largest absolute Gasteiger partial charge is 0.403 e. The molecule has 1 aliphatic heterocycles. The Bertz CT molecular complexity index is 1260. The predicted octanol–water partition coefficient (Wildman–Crippen LogP) is 2.35. The van der Waals surface area contributed by atoms with Crippen molar-refractivity contribution in [3.8, 4) is 11.3 Å². The third-order valence-corrected chi connectivity index (χ3v) is 5.37. The average molecular weight is 390 g/mol. The number of aryl methyl sites for hydroxylation is 1. The number of likely N-dealkylation sites (N-methyl/N-ethyl adjacent to an activating group) is 1. The van der Waals surface area contributed by atoms with E-state index in [0.717, 1.165) is 49.5 Å². The molecule has 0 N–H and O–H groups in total. The number of anilines is 1. The normalized spacial score (nSPS) is 15.9. The second-order valence-electron chi connectivity index (χ2n) is 7.58. The highest BCUT2D eigenvalue weighted by Crippen LogP contribution is 2.23. The molecule has 8 heteroatoms. The molecule has 0 amide bonds. The molecule has 0 unspecified atom stereocenters. The number of hydrogen-bond acceptors (Lipinski definition) is 7. The summed E-state index contributed by atoms with van der Waals surface area (Å²) in [6.45, 7) is 5.84. The maximum Gasteiger partial charge on any atom is 0.347 e. The van der Waals surface area contributed by atoms with Gasteiger partial charge in [-0.1, -0.05) is 0 Å². The van der Waals surface area contributed by atoms with Gasteiger partial charge in [-0.05, 0) is 45.1 Å². The summed E-state index contributed by atoms with van der Waals surface area (Å²) in [6, 6.07) is 5.75. The lowest BCUT2D eigenvalue weighted by atomic mass is 10.2. The number of imidazole rings is 1. The molecular formula is C21H22N6O2. The summed E-state index contributed by atoms with van der Waals surface area (Å²) < 4.78 is 7.44. The van der Waals surface area contributed by atoms with E-state index in [1.165, 1.54) is 0 Å². The first-order valence-electron chi connectivity index (χ1n) is 9.77. The van der Waals surface area contributed by atoms with Crippen molar-refractivity contribution in [2.45, 2.75) is 13.3 Å². The molecule has 0 atom stereocenters. The minimum absolute atomic E-state index is 0.357. The molecule has 1 aliphatic rings. The fourth-order valence-electron chi connectivity index (χ4n) is 3.75. The first-order valence-corrected chi connectivity index (χ1v) is 9.77. The summed E-state index contributed by atoms with van der Waals surface area (Å²) in [4.78, 5) is 30.6. The Morgan fingerprint density at radius 1 is 1.07 bits per heavy atom. The van der Waals surface area contributed by atoms with E-state index in [2.05, 4.69) is 31.8 Å².